The van der Waals surface area contributed by atoms with Gasteiger partial charge in [0, 0.05) is 0 Å². The molecule has 4 heteroatoms. The topological polar surface area (TPSA) is 48.7 Å². The molecule has 0 spiro atoms. The summed E-state index contributed by atoms with van der Waals surface area (Å²) in [6, 6.07) is 14.8. The Labute approximate surface area is 132 Å². The molecular formula is C19H14O4. The Balaban J connectivity index is 1.94. The molecule has 23 heavy (non-hydrogen) atoms. The molecule has 3 aromatic rings. The highest BCUT2D eigenvalue weighted by Crippen LogP contribution is 2.45. The van der Waals surface area contributed by atoms with Gasteiger partial charge in [0.25, 0.3) is 0 Å². The molecule has 2 heterocycles. The van der Waals surface area contributed by atoms with Gasteiger partial charge in [0.1, 0.15) is 22.8 Å². The zero-order valence-corrected chi connectivity index (χ0v) is 12.5. The summed E-state index contributed by atoms with van der Waals surface area (Å²) in [4.78, 5) is 12.5. The number of rotatable bonds is 2. The minimum absolute atomic E-state index is 0.336. The van der Waals surface area contributed by atoms with E-state index in [1.807, 2.05) is 42.5 Å². The maximum atomic E-state index is 12.5. The zero-order chi connectivity index (χ0) is 16.0. The zero-order valence-electron chi connectivity index (χ0n) is 12.5. The monoisotopic (exact) mass is 306 g/mol. The van der Waals surface area contributed by atoms with Crippen LogP contribution >= 0.6 is 0 Å². The Morgan fingerprint density at radius 3 is 2.57 bits per heavy atom. The number of hydrogen-bond donors (Lipinski definition) is 0. The van der Waals surface area contributed by atoms with Crippen LogP contribution in [0.2, 0.25) is 0 Å². The first-order valence-electron chi connectivity index (χ1n) is 7.25. The van der Waals surface area contributed by atoms with Gasteiger partial charge in [-0.1, -0.05) is 30.8 Å². The Kier molecular flexibility index (Phi) is 2.98. The minimum Gasteiger partial charge on any atom is -0.497 e. The summed E-state index contributed by atoms with van der Waals surface area (Å²) in [5.74, 6) is 1.48. The largest absolute Gasteiger partial charge is 0.497 e. The molecule has 0 fully saturated rings. The summed E-state index contributed by atoms with van der Waals surface area (Å²) < 4.78 is 16.5. The summed E-state index contributed by atoms with van der Waals surface area (Å²) in [5.41, 5.74) is 1.54. The van der Waals surface area contributed by atoms with Gasteiger partial charge in [-0.05, 0) is 29.8 Å². The molecule has 0 saturated heterocycles. The van der Waals surface area contributed by atoms with E-state index in [2.05, 4.69) is 6.58 Å². The molecule has 1 atom stereocenters. The van der Waals surface area contributed by atoms with Gasteiger partial charge in [-0.25, -0.2) is 4.79 Å². The van der Waals surface area contributed by atoms with Gasteiger partial charge in [-0.3, -0.25) is 0 Å². The average molecular weight is 306 g/mol. The van der Waals surface area contributed by atoms with Crippen molar-refractivity contribution in [3.63, 3.8) is 0 Å². The maximum absolute atomic E-state index is 12.5. The fraction of sp³-hybridized carbons (Fsp3) is 0.105. The number of hydrogen-bond acceptors (Lipinski definition) is 4. The van der Waals surface area contributed by atoms with E-state index in [4.69, 9.17) is 13.9 Å². The smallest absolute Gasteiger partial charge is 0.344 e. The van der Waals surface area contributed by atoms with Gasteiger partial charge in [-0.2, -0.15) is 0 Å². The first kappa shape index (κ1) is 13.6. The predicted octanol–water partition coefficient (Wildman–Crippen LogP) is 3.84. The van der Waals surface area contributed by atoms with Crippen molar-refractivity contribution in [3.05, 3.63) is 82.4 Å². The number of ether oxygens (including phenoxy) is 2. The van der Waals surface area contributed by atoms with Crippen LogP contribution < -0.4 is 15.1 Å². The first-order valence-corrected chi connectivity index (χ1v) is 7.25. The minimum atomic E-state index is -0.391. The number of fused-ring (bicyclic) bond motifs is 3. The second-order valence-corrected chi connectivity index (χ2v) is 5.40. The van der Waals surface area contributed by atoms with Crippen molar-refractivity contribution in [1.82, 2.24) is 0 Å². The maximum Gasteiger partial charge on any atom is 0.344 e. The van der Waals surface area contributed by atoms with Crippen molar-refractivity contribution < 1.29 is 13.9 Å². The van der Waals surface area contributed by atoms with Crippen molar-refractivity contribution in [2.75, 3.05) is 7.11 Å². The first-order chi connectivity index (χ1) is 11.2. The highest BCUT2D eigenvalue weighted by Gasteiger charge is 2.35. The summed E-state index contributed by atoms with van der Waals surface area (Å²) >= 11 is 0. The molecule has 4 nitrogen and oxygen atoms in total. The Morgan fingerprint density at radius 2 is 1.83 bits per heavy atom. The molecule has 4 rings (SSSR count). The third-order valence-electron chi connectivity index (χ3n) is 4.09. The molecule has 0 aliphatic carbocycles. The fourth-order valence-electron chi connectivity index (χ4n) is 2.99. The number of methoxy groups -OCH3 is 1. The normalized spacial score (nSPS) is 16.2. The third-order valence-corrected chi connectivity index (χ3v) is 4.09. The number of allylic oxidation sites excluding steroid dienone is 1. The lowest BCUT2D eigenvalue weighted by molar-refractivity contribution is 0.414. The van der Waals surface area contributed by atoms with Crippen LogP contribution in [-0.2, 0) is 0 Å². The predicted molar refractivity (Wildman–Crippen MR) is 87.1 cm³/mol. The van der Waals surface area contributed by atoms with Gasteiger partial charge in [0.15, 0.2) is 0 Å². The molecule has 0 N–H and O–H groups in total. The van der Waals surface area contributed by atoms with Crippen LogP contribution in [0.15, 0.2) is 70.1 Å². The van der Waals surface area contributed by atoms with Crippen LogP contribution in [0.5, 0.6) is 11.5 Å². The molecule has 0 saturated carbocycles. The second-order valence-electron chi connectivity index (χ2n) is 5.40. The number of para-hydroxylation sites is 1. The molecule has 0 amide bonds. The molecule has 114 valence electrons. The Morgan fingerprint density at radius 1 is 1.09 bits per heavy atom. The third kappa shape index (κ3) is 2.03. The molecule has 1 aliphatic heterocycles. The van der Waals surface area contributed by atoms with E-state index in [9.17, 15) is 4.79 Å². The van der Waals surface area contributed by atoms with Gasteiger partial charge < -0.3 is 13.9 Å². The van der Waals surface area contributed by atoms with E-state index in [0.29, 0.717) is 22.7 Å². The van der Waals surface area contributed by atoms with Crippen molar-refractivity contribution in [2.45, 2.75) is 5.92 Å². The van der Waals surface area contributed by atoms with Crippen molar-refractivity contribution >= 4 is 11.0 Å². The SMILES string of the molecule is C=C1Oc2c(c(=O)oc3ccccc23)C1c1ccc(OC)cc1. The van der Waals surface area contributed by atoms with E-state index < -0.39 is 5.63 Å². The highest BCUT2D eigenvalue weighted by atomic mass is 16.5. The molecule has 1 aromatic heterocycles. The summed E-state index contributed by atoms with van der Waals surface area (Å²) in [7, 11) is 1.61. The van der Waals surface area contributed by atoms with E-state index >= 15 is 0 Å². The lowest BCUT2D eigenvalue weighted by Crippen LogP contribution is -2.10. The van der Waals surface area contributed by atoms with Gasteiger partial charge in [0.05, 0.1) is 24.0 Å². The summed E-state index contributed by atoms with van der Waals surface area (Å²) in [6.45, 7) is 3.98. The van der Waals surface area contributed by atoms with Crippen LogP contribution in [-0.4, -0.2) is 7.11 Å². The van der Waals surface area contributed by atoms with E-state index in [0.717, 1.165) is 16.7 Å². The highest BCUT2D eigenvalue weighted by molar-refractivity contribution is 5.86. The van der Waals surface area contributed by atoms with Crippen molar-refractivity contribution in [1.29, 1.82) is 0 Å². The summed E-state index contributed by atoms with van der Waals surface area (Å²) in [5, 5.41) is 0.777. The summed E-state index contributed by atoms with van der Waals surface area (Å²) in [6.07, 6.45) is 0. The van der Waals surface area contributed by atoms with Gasteiger partial charge >= 0.3 is 5.63 Å². The number of benzene rings is 2. The van der Waals surface area contributed by atoms with E-state index in [1.165, 1.54) is 0 Å². The fourth-order valence-corrected chi connectivity index (χ4v) is 2.99. The second kappa shape index (κ2) is 5.02. The molecule has 0 radical (unpaired) electrons. The van der Waals surface area contributed by atoms with Crippen molar-refractivity contribution in [3.8, 4) is 11.5 Å². The lowest BCUT2D eigenvalue weighted by Gasteiger charge is -2.10. The Hall–Kier alpha value is -3.01. The molecule has 1 unspecified atom stereocenters. The van der Waals surface area contributed by atoms with E-state index in [1.54, 1.807) is 13.2 Å². The van der Waals surface area contributed by atoms with Gasteiger partial charge in [0.2, 0.25) is 0 Å². The standard InChI is InChI=1S/C19H14O4/c1-11-16(12-7-9-13(21-2)10-8-12)17-18(22-11)14-5-3-4-6-15(14)23-19(17)20/h3-10,16H,1H2,2H3. The average Bonchev–Trinajstić information content (AvgIpc) is 2.93. The van der Waals surface area contributed by atoms with Crippen LogP contribution in [0, 0.1) is 0 Å². The van der Waals surface area contributed by atoms with Crippen LogP contribution in [0.4, 0.5) is 0 Å². The quantitative estimate of drug-likeness (QED) is 0.675. The molecule has 0 bridgehead atoms. The Bertz CT molecular complexity index is 967. The molecule has 2 aromatic carbocycles. The van der Waals surface area contributed by atoms with Gasteiger partial charge in [-0.15, -0.1) is 0 Å². The molecular weight excluding hydrogens is 292 g/mol. The molecule has 1 aliphatic rings. The van der Waals surface area contributed by atoms with Crippen LogP contribution in [0.25, 0.3) is 11.0 Å². The van der Waals surface area contributed by atoms with Crippen molar-refractivity contribution in [2.24, 2.45) is 0 Å². The lowest BCUT2D eigenvalue weighted by atomic mass is 9.92. The van der Waals surface area contributed by atoms with Crippen LogP contribution in [0.1, 0.15) is 17.0 Å². The van der Waals surface area contributed by atoms with Crippen LogP contribution in [0.3, 0.4) is 0 Å². The van der Waals surface area contributed by atoms with E-state index in [-0.39, 0.29) is 5.92 Å².